The van der Waals surface area contributed by atoms with Gasteiger partial charge in [-0.25, -0.2) is 0 Å². The van der Waals surface area contributed by atoms with Gasteiger partial charge < -0.3 is 20.6 Å². The second kappa shape index (κ2) is 6.26. The first kappa shape index (κ1) is 14.3. The van der Waals surface area contributed by atoms with E-state index in [1.165, 1.54) is 12.1 Å². The maximum atomic E-state index is 11.7. The number of hydrogen-bond acceptors (Lipinski definition) is 4. The van der Waals surface area contributed by atoms with Crippen LogP contribution in [-0.4, -0.2) is 33.9 Å². The van der Waals surface area contributed by atoms with Crippen LogP contribution < -0.4 is 5.32 Å². The minimum absolute atomic E-state index is 0.146. The Kier molecular flexibility index (Phi) is 4.97. The number of aromatic hydroxyl groups is 2. The number of hydrogen-bond donors (Lipinski definition) is 4. The van der Waals surface area contributed by atoms with E-state index in [-0.39, 0.29) is 23.6 Å². The molecule has 1 rings (SSSR count). The van der Waals surface area contributed by atoms with Crippen molar-refractivity contribution in [1.82, 2.24) is 5.32 Å². The summed E-state index contributed by atoms with van der Waals surface area (Å²) in [6.07, 6.45) is 0.00539. The molecule has 0 aliphatic heterocycles. The van der Waals surface area contributed by atoms with Gasteiger partial charge in [-0.1, -0.05) is 13.8 Å². The van der Waals surface area contributed by atoms with Crippen molar-refractivity contribution in [2.45, 2.75) is 26.4 Å². The van der Waals surface area contributed by atoms with Crippen molar-refractivity contribution in [1.29, 1.82) is 0 Å². The van der Waals surface area contributed by atoms with E-state index in [1.807, 2.05) is 13.8 Å². The molecule has 0 saturated heterocycles. The smallest absolute Gasteiger partial charge is 0.251 e. The highest BCUT2D eigenvalue weighted by Crippen LogP contribution is 2.20. The molecule has 0 heterocycles. The van der Waals surface area contributed by atoms with Crippen LogP contribution in [0.5, 0.6) is 11.5 Å². The molecule has 0 aliphatic carbocycles. The van der Waals surface area contributed by atoms with Gasteiger partial charge in [0.05, 0.1) is 6.10 Å². The highest BCUT2D eigenvalue weighted by molar-refractivity contribution is 5.95. The highest BCUT2D eigenvalue weighted by atomic mass is 16.3. The summed E-state index contributed by atoms with van der Waals surface area (Å²) in [6.45, 7) is 4.12. The predicted molar refractivity (Wildman–Crippen MR) is 67.6 cm³/mol. The monoisotopic (exact) mass is 253 g/mol. The minimum atomic E-state index is -0.597. The zero-order valence-corrected chi connectivity index (χ0v) is 10.6. The molecule has 0 aliphatic rings. The molecule has 1 aromatic rings. The molecule has 1 atom stereocenters. The van der Waals surface area contributed by atoms with Crippen LogP contribution in [0.1, 0.15) is 30.6 Å². The fourth-order valence-corrected chi connectivity index (χ4v) is 1.67. The molecule has 18 heavy (non-hydrogen) atoms. The van der Waals surface area contributed by atoms with Gasteiger partial charge in [0.1, 0.15) is 11.5 Å². The maximum Gasteiger partial charge on any atom is 0.251 e. The molecule has 0 bridgehead atoms. The number of carbonyl (C=O) groups is 1. The average molecular weight is 253 g/mol. The quantitative estimate of drug-likeness (QED) is 0.635. The van der Waals surface area contributed by atoms with E-state index in [0.29, 0.717) is 12.3 Å². The molecule has 0 radical (unpaired) electrons. The van der Waals surface area contributed by atoms with E-state index in [4.69, 9.17) is 0 Å². The third-order valence-corrected chi connectivity index (χ3v) is 2.41. The second-order valence-electron chi connectivity index (χ2n) is 4.73. The third kappa shape index (κ3) is 4.63. The molecule has 5 nitrogen and oxygen atoms in total. The minimum Gasteiger partial charge on any atom is -0.508 e. The molecule has 0 fully saturated rings. The number of aliphatic hydroxyl groups is 1. The summed E-state index contributed by atoms with van der Waals surface area (Å²) in [6, 6.07) is 3.65. The predicted octanol–water partition coefficient (Wildman–Crippen LogP) is 1.23. The first-order valence-electron chi connectivity index (χ1n) is 5.87. The number of phenols is 2. The molecule has 1 amide bonds. The SMILES string of the molecule is CC(C)CC(O)CNC(=O)c1cc(O)cc(O)c1. The first-order chi connectivity index (χ1) is 8.38. The van der Waals surface area contributed by atoms with Crippen LogP contribution >= 0.6 is 0 Å². The van der Waals surface area contributed by atoms with Gasteiger partial charge in [-0.05, 0) is 24.5 Å². The fourth-order valence-electron chi connectivity index (χ4n) is 1.67. The van der Waals surface area contributed by atoms with Crippen molar-refractivity contribution in [3.05, 3.63) is 23.8 Å². The summed E-state index contributed by atoms with van der Waals surface area (Å²) in [5, 5.41) is 30.7. The van der Waals surface area contributed by atoms with Gasteiger partial charge in [-0.15, -0.1) is 0 Å². The Hall–Kier alpha value is -1.75. The Morgan fingerprint density at radius 1 is 1.22 bits per heavy atom. The van der Waals surface area contributed by atoms with E-state index in [0.717, 1.165) is 6.07 Å². The Balaban J connectivity index is 2.55. The van der Waals surface area contributed by atoms with Gasteiger partial charge in [-0.2, -0.15) is 0 Å². The van der Waals surface area contributed by atoms with E-state index in [1.54, 1.807) is 0 Å². The molecule has 0 spiro atoms. The lowest BCUT2D eigenvalue weighted by atomic mass is 10.1. The summed E-state index contributed by atoms with van der Waals surface area (Å²) in [7, 11) is 0. The van der Waals surface area contributed by atoms with Crippen LogP contribution in [0.4, 0.5) is 0 Å². The van der Waals surface area contributed by atoms with Crippen LogP contribution in [0.3, 0.4) is 0 Å². The second-order valence-corrected chi connectivity index (χ2v) is 4.73. The van der Waals surface area contributed by atoms with Gasteiger partial charge in [0.2, 0.25) is 0 Å². The van der Waals surface area contributed by atoms with Crippen molar-refractivity contribution in [2.24, 2.45) is 5.92 Å². The van der Waals surface area contributed by atoms with Crippen molar-refractivity contribution in [3.8, 4) is 11.5 Å². The number of rotatable bonds is 5. The lowest BCUT2D eigenvalue weighted by Crippen LogP contribution is -2.32. The standard InChI is InChI=1S/C13H19NO4/c1-8(2)3-12(17)7-14-13(18)9-4-10(15)6-11(16)5-9/h4-6,8,12,15-17H,3,7H2,1-2H3,(H,14,18). The average Bonchev–Trinajstić information content (AvgIpc) is 2.23. The molecule has 100 valence electrons. The van der Waals surface area contributed by atoms with Crippen molar-refractivity contribution in [2.75, 3.05) is 6.54 Å². The number of phenolic OH excluding ortho intramolecular Hbond substituents is 2. The number of amides is 1. The topological polar surface area (TPSA) is 89.8 Å². The summed E-state index contributed by atoms with van der Waals surface area (Å²) in [5.41, 5.74) is 0.157. The lowest BCUT2D eigenvalue weighted by molar-refractivity contribution is 0.0899. The first-order valence-corrected chi connectivity index (χ1v) is 5.87. The highest BCUT2D eigenvalue weighted by Gasteiger charge is 2.11. The maximum absolute atomic E-state index is 11.7. The fraction of sp³-hybridized carbons (Fsp3) is 0.462. The molecule has 5 heteroatoms. The lowest BCUT2D eigenvalue weighted by Gasteiger charge is -2.14. The molecule has 1 unspecified atom stereocenters. The summed E-state index contributed by atoms with van der Waals surface area (Å²) < 4.78 is 0. The third-order valence-electron chi connectivity index (χ3n) is 2.41. The Morgan fingerprint density at radius 2 is 1.78 bits per heavy atom. The largest absolute Gasteiger partial charge is 0.508 e. The molecule has 0 aromatic heterocycles. The van der Waals surface area contributed by atoms with Crippen molar-refractivity contribution in [3.63, 3.8) is 0 Å². The Morgan fingerprint density at radius 3 is 2.28 bits per heavy atom. The van der Waals surface area contributed by atoms with Gasteiger partial charge in [0.15, 0.2) is 0 Å². The van der Waals surface area contributed by atoms with Crippen molar-refractivity contribution < 1.29 is 20.1 Å². The molecule has 1 aromatic carbocycles. The van der Waals surface area contributed by atoms with Crippen molar-refractivity contribution >= 4 is 5.91 Å². The number of nitrogens with one attached hydrogen (secondary N) is 1. The molecular weight excluding hydrogens is 234 g/mol. The van der Waals surface area contributed by atoms with Gasteiger partial charge >= 0.3 is 0 Å². The van der Waals surface area contributed by atoms with Crippen LogP contribution in [-0.2, 0) is 0 Å². The zero-order valence-electron chi connectivity index (χ0n) is 10.6. The summed E-state index contributed by atoms with van der Waals surface area (Å²) in [5.74, 6) is -0.448. The number of carbonyl (C=O) groups excluding carboxylic acids is 1. The van der Waals surface area contributed by atoms with E-state index in [9.17, 15) is 20.1 Å². The molecule has 0 saturated carbocycles. The Labute approximate surface area is 106 Å². The van der Waals surface area contributed by atoms with Crippen LogP contribution in [0.25, 0.3) is 0 Å². The molecule has 4 N–H and O–H groups in total. The number of benzene rings is 1. The van der Waals surface area contributed by atoms with Gasteiger partial charge in [-0.3, -0.25) is 4.79 Å². The summed E-state index contributed by atoms with van der Waals surface area (Å²) in [4.78, 5) is 11.7. The zero-order chi connectivity index (χ0) is 13.7. The Bertz CT molecular complexity index is 397. The van der Waals surface area contributed by atoms with E-state index >= 15 is 0 Å². The van der Waals surface area contributed by atoms with E-state index < -0.39 is 12.0 Å². The normalized spacial score (nSPS) is 12.4. The van der Waals surface area contributed by atoms with Crippen LogP contribution in [0, 0.1) is 5.92 Å². The van der Waals surface area contributed by atoms with E-state index in [2.05, 4.69) is 5.32 Å². The van der Waals surface area contributed by atoms with Gasteiger partial charge in [0, 0.05) is 18.2 Å². The van der Waals surface area contributed by atoms with Crippen LogP contribution in [0.15, 0.2) is 18.2 Å². The van der Waals surface area contributed by atoms with Gasteiger partial charge in [0.25, 0.3) is 5.91 Å². The van der Waals surface area contributed by atoms with Crippen LogP contribution in [0.2, 0.25) is 0 Å². The summed E-state index contributed by atoms with van der Waals surface area (Å²) >= 11 is 0. The molecular formula is C13H19NO4. The number of aliphatic hydroxyl groups excluding tert-OH is 1.